The Morgan fingerprint density at radius 1 is 1.32 bits per heavy atom. The summed E-state index contributed by atoms with van der Waals surface area (Å²) in [5, 5.41) is 13.2. The number of nitrogens with zero attached hydrogens (tertiary/aromatic N) is 1. The predicted octanol–water partition coefficient (Wildman–Crippen LogP) is 2.93. The predicted molar refractivity (Wildman–Crippen MR) is 87.2 cm³/mol. The van der Waals surface area contributed by atoms with E-state index in [1.165, 1.54) is 12.0 Å². The molecule has 120 valence electrons. The first-order valence-electron chi connectivity index (χ1n) is 8.06. The molecule has 1 aliphatic heterocycles. The van der Waals surface area contributed by atoms with Crippen molar-refractivity contribution in [2.75, 3.05) is 19.7 Å². The van der Waals surface area contributed by atoms with Crippen molar-refractivity contribution in [2.45, 2.75) is 43.6 Å². The van der Waals surface area contributed by atoms with Crippen LogP contribution in [0, 0.1) is 0 Å². The van der Waals surface area contributed by atoms with Gasteiger partial charge in [-0.15, -0.1) is 0 Å². The highest BCUT2D eigenvalue weighted by Crippen LogP contribution is 2.43. The van der Waals surface area contributed by atoms with Crippen LogP contribution in [0.4, 0.5) is 4.79 Å². The van der Waals surface area contributed by atoms with E-state index >= 15 is 0 Å². The first-order chi connectivity index (χ1) is 10.6. The Hall–Kier alpha value is -1.26. The summed E-state index contributed by atoms with van der Waals surface area (Å²) in [7, 11) is 0. The van der Waals surface area contributed by atoms with E-state index in [1.807, 2.05) is 12.1 Å². The molecule has 2 N–H and O–H groups in total. The number of carbonyl (C=O) groups is 1. The van der Waals surface area contributed by atoms with Crippen molar-refractivity contribution in [1.82, 2.24) is 10.2 Å². The summed E-state index contributed by atoms with van der Waals surface area (Å²) in [4.78, 5) is 14.1. The quantitative estimate of drug-likeness (QED) is 0.895. The van der Waals surface area contributed by atoms with Gasteiger partial charge >= 0.3 is 6.03 Å². The number of benzene rings is 1. The van der Waals surface area contributed by atoms with Gasteiger partial charge in [-0.3, -0.25) is 0 Å². The lowest BCUT2D eigenvalue weighted by Gasteiger charge is -2.43. The summed E-state index contributed by atoms with van der Waals surface area (Å²) in [5.41, 5.74) is 1.30. The lowest BCUT2D eigenvalue weighted by molar-refractivity contribution is 0.151. The van der Waals surface area contributed by atoms with Crippen LogP contribution in [0.3, 0.4) is 0 Å². The van der Waals surface area contributed by atoms with Crippen molar-refractivity contribution in [3.8, 4) is 0 Å². The van der Waals surface area contributed by atoms with E-state index < -0.39 is 0 Å². The molecule has 1 saturated heterocycles. The SMILES string of the molecule is O=C(NCC1(c2ccc(Cl)cc2)CCC1)N1CCC[C@H]1CO. The molecule has 0 unspecified atom stereocenters. The van der Waals surface area contributed by atoms with Crippen LogP contribution in [0.5, 0.6) is 0 Å². The van der Waals surface area contributed by atoms with Gasteiger partial charge in [-0.05, 0) is 43.4 Å². The zero-order chi connectivity index (χ0) is 15.6. The molecule has 2 fully saturated rings. The topological polar surface area (TPSA) is 52.6 Å². The maximum absolute atomic E-state index is 12.4. The second-order valence-corrected chi connectivity index (χ2v) is 6.91. The molecule has 1 heterocycles. The Balaban J connectivity index is 1.63. The number of hydrogen-bond acceptors (Lipinski definition) is 2. The molecule has 0 spiro atoms. The number of aliphatic hydroxyl groups is 1. The van der Waals surface area contributed by atoms with Crippen LogP contribution in [-0.2, 0) is 5.41 Å². The molecule has 1 aromatic carbocycles. The van der Waals surface area contributed by atoms with Crippen LogP contribution in [0.2, 0.25) is 5.02 Å². The summed E-state index contributed by atoms with van der Waals surface area (Å²) in [6.07, 6.45) is 5.26. The Bertz CT molecular complexity index is 528. The third-order valence-electron chi connectivity index (χ3n) is 5.19. The Kier molecular flexibility index (Phi) is 4.59. The average Bonchev–Trinajstić information content (AvgIpc) is 2.96. The normalized spacial score (nSPS) is 23.2. The minimum absolute atomic E-state index is 0.0205. The van der Waals surface area contributed by atoms with Crippen LogP contribution >= 0.6 is 11.6 Å². The first kappa shape index (κ1) is 15.6. The number of hydrogen-bond donors (Lipinski definition) is 2. The molecule has 0 bridgehead atoms. The van der Waals surface area contributed by atoms with Crippen molar-refractivity contribution >= 4 is 17.6 Å². The van der Waals surface area contributed by atoms with Gasteiger partial charge in [-0.1, -0.05) is 30.2 Å². The van der Waals surface area contributed by atoms with Gasteiger partial charge in [0, 0.05) is 23.5 Å². The van der Waals surface area contributed by atoms with Gasteiger partial charge in [0.1, 0.15) is 0 Å². The van der Waals surface area contributed by atoms with E-state index in [0.29, 0.717) is 6.54 Å². The van der Waals surface area contributed by atoms with Crippen LogP contribution in [0.1, 0.15) is 37.7 Å². The van der Waals surface area contributed by atoms with E-state index in [1.54, 1.807) is 4.90 Å². The van der Waals surface area contributed by atoms with Crippen molar-refractivity contribution in [2.24, 2.45) is 0 Å². The fourth-order valence-electron chi connectivity index (χ4n) is 3.61. The molecule has 4 nitrogen and oxygen atoms in total. The molecule has 5 heteroatoms. The Labute approximate surface area is 136 Å². The number of aliphatic hydroxyl groups excluding tert-OH is 1. The molecule has 22 heavy (non-hydrogen) atoms. The summed E-state index contributed by atoms with van der Waals surface area (Å²) in [5.74, 6) is 0. The fourth-order valence-corrected chi connectivity index (χ4v) is 3.74. The molecule has 3 rings (SSSR count). The minimum Gasteiger partial charge on any atom is -0.394 e. The number of carbonyl (C=O) groups excluding carboxylic acids is 1. The highest BCUT2D eigenvalue weighted by molar-refractivity contribution is 6.30. The number of likely N-dealkylation sites (tertiary alicyclic amines) is 1. The molecule has 2 amide bonds. The lowest BCUT2D eigenvalue weighted by atomic mass is 9.64. The summed E-state index contributed by atoms with van der Waals surface area (Å²) >= 11 is 5.97. The van der Waals surface area contributed by atoms with Crippen molar-refractivity contribution in [1.29, 1.82) is 0 Å². The van der Waals surface area contributed by atoms with Gasteiger partial charge in [0.05, 0.1) is 12.6 Å². The molecule has 0 aromatic heterocycles. The largest absolute Gasteiger partial charge is 0.394 e. The van der Waals surface area contributed by atoms with Crippen LogP contribution in [0.25, 0.3) is 0 Å². The van der Waals surface area contributed by atoms with Crippen molar-refractivity contribution in [3.05, 3.63) is 34.9 Å². The van der Waals surface area contributed by atoms with Crippen molar-refractivity contribution < 1.29 is 9.90 Å². The number of halogens is 1. The highest BCUT2D eigenvalue weighted by Gasteiger charge is 2.39. The molecule has 0 radical (unpaired) electrons. The van der Waals surface area contributed by atoms with Gasteiger partial charge in [-0.25, -0.2) is 4.79 Å². The number of urea groups is 1. The van der Waals surface area contributed by atoms with Gasteiger partial charge in [0.2, 0.25) is 0 Å². The van der Waals surface area contributed by atoms with Crippen LogP contribution < -0.4 is 5.32 Å². The molecule has 1 atom stereocenters. The molecular weight excluding hydrogens is 300 g/mol. The Morgan fingerprint density at radius 3 is 2.64 bits per heavy atom. The molecule has 1 aliphatic carbocycles. The Morgan fingerprint density at radius 2 is 2.05 bits per heavy atom. The van der Waals surface area contributed by atoms with E-state index in [2.05, 4.69) is 17.4 Å². The summed E-state index contributed by atoms with van der Waals surface area (Å²) in [6.45, 7) is 1.45. The van der Waals surface area contributed by atoms with E-state index in [4.69, 9.17) is 11.6 Å². The van der Waals surface area contributed by atoms with Crippen molar-refractivity contribution in [3.63, 3.8) is 0 Å². The zero-order valence-electron chi connectivity index (χ0n) is 12.7. The van der Waals surface area contributed by atoms with E-state index in [0.717, 1.165) is 37.3 Å². The number of rotatable bonds is 4. The van der Waals surface area contributed by atoms with E-state index in [-0.39, 0.29) is 24.1 Å². The number of amides is 2. The smallest absolute Gasteiger partial charge is 0.317 e. The molecular formula is C17H23ClN2O2. The molecule has 1 saturated carbocycles. The fraction of sp³-hybridized carbons (Fsp3) is 0.588. The average molecular weight is 323 g/mol. The third-order valence-corrected chi connectivity index (χ3v) is 5.45. The highest BCUT2D eigenvalue weighted by atomic mass is 35.5. The summed E-state index contributed by atoms with van der Waals surface area (Å²) < 4.78 is 0. The zero-order valence-corrected chi connectivity index (χ0v) is 13.5. The number of nitrogens with one attached hydrogen (secondary N) is 1. The summed E-state index contributed by atoms with van der Waals surface area (Å²) in [6, 6.07) is 7.91. The van der Waals surface area contributed by atoms with Gasteiger partial charge in [0.15, 0.2) is 0 Å². The van der Waals surface area contributed by atoms with E-state index in [9.17, 15) is 9.90 Å². The van der Waals surface area contributed by atoms with Crippen LogP contribution in [-0.4, -0.2) is 41.8 Å². The monoisotopic (exact) mass is 322 g/mol. The van der Waals surface area contributed by atoms with Gasteiger partial charge in [0.25, 0.3) is 0 Å². The van der Waals surface area contributed by atoms with Gasteiger partial charge < -0.3 is 15.3 Å². The molecule has 2 aliphatic rings. The second-order valence-electron chi connectivity index (χ2n) is 6.47. The second kappa shape index (κ2) is 6.47. The van der Waals surface area contributed by atoms with Gasteiger partial charge in [-0.2, -0.15) is 0 Å². The maximum atomic E-state index is 12.4. The third kappa shape index (κ3) is 2.95. The lowest BCUT2D eigenvalue weighted by Crippen LogP contribution is -2.50. The first-order valence-corrected chi connectivity index (χ1v) is 8.44. The molecule has 1 aromatic rings. The standard InChI is InChI=1S/C17H23ClN2O2/c18-14-6-4-13(5-7-14)17(8-2-9-17)12-19-16(22)20-10-1-3-15(20)11-21/h4-7,15,21H,1-3,8-12H2,(H,19,22)/t15-/m0/s1. The maximum Gasteiger partial charge on any atom is 0.317 e. The minimum atomic E-state index is -0.0446. The van der Waals surface area contributed by atoms with Crippen LogP contribution in [0.15, 0.2) is 24.3 Å².